The zero-order valence-corrected chi connectivity index (χ0v) is 7.67. The van der Waals surface area contributed by atoms with Crippen molar-refractivity contribution in [2.24, 2.45) is 0 Å². The van der Waals surface area contributed by atoms with E-state index in [0.29, 0.717) is 10.5 Å². The fraction of sp³-hybridized carbons (Fsp3) is 0.222. The van der Waals surface area contributed by atoms with E-state index in [1.807, 2.05) is 0 Å². The van der Waals surface area contributed by atoms with E-state index in [-0.39, 0.29) is 18.0 Å². The first kappa shape index (κ1) is 8.74. The molecule has 1 aliphatic heterocycles. The molecule has 0 bridgehead atoms. The molecule has 3 nitrogen and oxygen atoms in total. The Balaban J connectivity index is 2.61. The highest BCUT2D eigenvalue weighted by molar-refractivity contribution is 8.24. The number of Topliss-reactive ketones (excluding diaryl/α,β-unsaturated/α-hetero) is 1. The van der Waals surface area contributed by atoms with E-state index < -0.39 is 10.6 Å². The summed E-state index contributed by atoms with van der Waals surface area (Å²) in [6.45, 7) is 0. The average molecular weight is 197 g/mol. The van der Waals surface area contributed by atoms with Crippen LogP contribution in [0.2, 0.25) is 0 Å². The third-order valence-electron chi connectivity index (χ3n) is 2.09. The fourth-order valence-corrected chi connectivity index (χ4v) is 2.90. The molecule has 0 fully saturated rings. The highest BCUT2D eigenvalue weighted by atomic mass is 32.3. The Labute approximate surface area is 77.7 Å². The first-order valence-corrected chi connectivity index (χ1v) is 5.62. The lowest BCUT2D eigenvalue weighted by Crippen LogP contribution is -2.18. The number of fused-ring (bicyclic) bond motifs is 1. The molecule has 2 rings (SSSR count). The van der Waals surface area contributed by atoms with Gasteiger partial charge in [0, 0.05) is 17.7 Å². The summed E-state index contributed by atoms with van der Waals surface area (Å²) >= 11 is 0. The Morgan fingerprint density at radius 1 is 1.46 bits per heavy atom. The van der Waals surface area contributed by atoms with Gasteiger partial charge in [-0.2, -0.15) is 10.6 Å². The third-order valence-corrected chi connectivity index (χ3v) is 3.92. The van der Waals surface area contributed by atoms with Crippen LogP contribution in [0.1, 0.15) is 16.8 Å². The minimum atomic E-state index is -2.72. The van der Waals surface area contributed by atoms with Gasteiger partial charge in [-0.15, -0.1) is 0 Å². The highest BCUT2D eigenvalue weighted by Gasteiger charge is 2.28. The molecule has 0 unspecified atom stereocenters. The molecule has 1 aromatic carbocycles. The number of carbonyl (C=O) groups excluding carboxylic acids is 1. The van der Waals surface area contributed by atoms with Crippen molar-refractivity contribution in [1.82, 2.24) is 0 Å². The molecule has 2 N–H and O–H groups in total. The highest BCUT2D eigenvalue weighted by Crippen LogP contribution is 2.52. The zero-order valence-electron chi connectivity index (χ0n) is 6.86. The minimum absolute atomic E-state index is 0.0296. The predicted octanol–water partition coefficient (Wildman–Crippen LogP) is 2.18. The monoisotopic (exact) mass is 197 g/mol. The summed E-state index contributed by atoms with van der Waals surface area (Å²) in [6, 6.07) is 7.42. The molecule has 13 heavy (non-hydrogen) atoms. The van der Waals surface area contributed by atoms with E-state index in [1.165, 1.54) is 6.07 Å². The average Bonchev–Trinajstić information content (AvgIpc) is 2.13. The number of carbonyl (C=O) groups is 1. The lowest BCUT2D eigenvalue weighted by Gasteiger charge is -2.36. The second-order valence-electron chi connectivity index (χ2n) is 2.97. The Kier molecular flexibility index (Phi) is 1.91. The molecule has 1 radical (unpaired) electrons. The summed E-state index contributed by atoms with van der Waals surface area (Å²) in [5, 5.41) is 0. The van der Waals surface area contributed by atoms with Gasteiger partial charge in [-0.05, 0) is 18.2 Å². The molecule has 1 aromatic rings. The van der Waals surface area contributed by atoms with Crippen molar-refractivity contribution in [3.63, 3.8) is 0 Å². The van der Waals surface area contributed by atoms with Gasteiger partial charge in [0.2, 0.25) is 0 Å². The van der Waals surface area contributed by atoms with E-state index in [1.54, 1.807) is 12.1 Å². The van der Waals surface area contributed by atoms with E-state index in [4.69, 9.17) is 0 Å². The van der Waals surface area contributed by atoms with E-state index in [2.05, 4.69) is 6.07 Å². The van der Waals surface area contributed by atoms with Crippen LogP contribution in [0, 0.1) is 6.07 Å². The molecule has 4 heteroatoms. The minimum Gasteiger partial charge on any atom is -0.295 e. The largest absolute Gasteiger partial charge is 0.295 e. The van der Waals surface area contributed by atoms with Gasteiger partial charge < -0.3 is 0 Å². The maximum Gasteiger partial charge on any atom is 0.166 e. The fourth-order valence-electron chi connectivity index (χ4n) is 1.40. The maximum absolute atomic E-state index is 11.3. The molecule has 0 amide bonds. The van der Waals surface area contributed by atoms with Gasteiger partial charge in [-0.1, -0.05) is 6.07 Å². The molecule has 0 aromatic heterocycles. The van der Waals surface area contributed by atoms with Crippen molar-refractivity contribution >= 4 is 16.4 Å². The first-order valence-electron chi connectivity index (χ1n) is 3.90. The van der Waals surface area contributed by atoms with Crippen LogP contribution in [0.15, 0.2) is 23.1 Å². The van der Waals surface area contributed by atoms with Crippen molar-refractivity contribution in [1.29, 1.82) is 0 Å². The molecule has 0 saturated heterocycles. The molecule has 0 aliphatic carbocycles. The molecule has 0 saturated carbocycles. The second-order valence-corrected chi connectivity index (χ2v) is 5.15. The van der Waals surface area contributed by atoms with Crippen molar-refractivity contribution in [3.05, 3.63) is 29.8 Å². The predicted molar refractivity (Wildman–Crippen MR) is 50.2 cm³/mol. The Morgan fingerprint density at radius 2 is 2.23 bits per heavy atom. The van der Waals surface area contributed by atoms with Gasteiger partial charge in [0.15, 0.2) is 5.78 Å². The summed E-state index contributed by atoms with van der Waals surface area (Å²) in [5.74, 6) is 0.126. The summed E-state index contributed by atoms with van der Waals surface area (Å²) < 4.78 is 19.2. The third kappa shape index (κ3) is 1.37. The lowest BCUT2D eigenvalue weighted by atomic mass is 10.1. The van der Waals surface area contributed by atoms with E-state index >= 15 is 0 Å². The molecule has 69 valence electrons. The summed E-state index contributed by atoms with van der Waals surface area (Å²) in [4.78, 5) is 11.7. The van der Waals surface area contributed by atoms with Crippen molar-refractivity contribution in [2.75, 3.05) is 5.75 Å². The van der Waals surface area contributed by atoms with Crippen LogP contribution in [-0.2, 0) is 0 Å². The van der Waals surface area contributed by atoms with Crippen LogP contribution >= 0.6 is 10.6 Å². The van der Waals surface area contributed by atoms with Gasteiger partial charge in [-0.3, -0.25) is 13.9 Å². The molecule has 1 aliphatic rings. The number of rotatable bonds is 0. The SMILES string of the molecule is O=C1CCS(O)(O)c2cc[c]cc21. The smallest absolute Gasteiger partial charge is 0.166 e. The number of hydrogen-bond donors (Lipinski definition) is 2. The molecular weight excluding hydrogens is 188 g/mol. The summed E-state index contributed by atoms with van der Waals surface area (Å²) in [7, 11) is -2.72. The van der Waals surface area contributed by atoms with Crippen LogP contribution < -0.4 is 0 Å². The van der Waals surface area contributed by atoms with Crippen LogP contribution in [0.5, 0.6) is 0 Å². The van der Waals surface area contributed by atoms with Crippen LogP contribution in [0.4, 0.5) is 0 Å². The first-order chi connectivity index (χ1) is 6.11. The Morgan fingerprint density at radius 3 is 2.92 bits per heavy atom. The van der Waals surface area contributed by atoms with Crippen LogP contribution in [0.25, 0.3) is 0 Å². The Hall–Kier alpha value is -0.840. The second kappa shape index (κ2) is 2.83. The van der Waals surface area contributed by atoms with Gasteiger partial charge in [0.1, 0.15) is 0 Å². The number of benzene rings is 1. The molecular formula is C9H9O3S. The topological polar surface area (TPSA) is 57.5 Å². The van der Waals surface area contributed by atoms with Gasteiger partial charge in [0.25, 0.3) is 0 Å². The van der Waals surface area contributed by atoms with Crippen molar-refractivity contribution in [2.45, 2.75) is 11.3 Å². The number of hydrogen-bond acceptors (Lipinski definition) is 3. The van der Waals surface area contributed by atoms with Crippen molar-refractivity contribution < 1.29 is 13.9 Å². The lowest BCUT2D eigenvalue weighted by molar-refractivity contribution is 0.0981. The summed E-state index contributed by atoms with van der Waals surface area (Å²) in [6.07, 6.45) is 0.215. The zero-order chi connectivity index (χ0) is 9.47. The maximum atomic E-state index is 11.3. The molecule has 0 spiro atoms. The van der Waals surface area contributed by atoms with Gasteiger partial charge in [0.05, 0.1) is 4.90 Å². The van der Waals surface area contributed by atoms with Crippen LogP contribution in [-0.4, -0.2) is 20.6 Å². The van der Waals surface area contributed by atoms with Gasteiger partial charge >= 0.3 is 0 Å². The van der Waals surface area contributed by atoms with E-state index in [0.717, 1.165) is 0 Å². The standard InChI is InChI=1S/C9H9O3S/c10-8-5-6-13(11,12)9-4-2-1-3-7(8)9/h2-4,11-12H,5-6H2. The number of ketones is 1. The van der Waals surface area contributed by atoms with Crippen molar-refractivity contribution in [3.8, 4) is 0 Å². The van der Waals surface area contributed by atoms with Crippen LogP contribution in [0.3, 0.4) is 0 Å². The van der Waals surface area contributed by atoms with Gasteiger partial charge in [-0.25, -0.2) is 0 Å². The molecule has 0 atom stereocenters. The summed E-state index contributed by atoms with van der Waals surface area (Å²) in [5.41, 5.74) is 0.411. The Bertz CT molecular complexity index is 360. The normalized spacial score (nSPS) is 22.2. The van der Waals surface area contributed by atoms with E-state index in [9.17, 15) is 13.9 Å². The quantitative estimate of drug-likeness (QED) is 0.670. The molecule has 1 heterocycles.